The molecule has 4 aromatic rings. The molecule has 2 aromatic carbocycles. The van der Waals surface area contributed by atoms with Crippen molar-refractivity contribution in [2.75, 3.05) is 0 Å². The van der Waals surface area contributed by atoms with E-state index >= 15 is 0 Å². The van der Waals surface area contributed by atoms with Crippen LogP contribution in [-0.4, -0.2) is 29.8 Å². The van der Waals surface area contributed by atoms with Gasteiger partial charge in [0.1, 0.15) is 5.82 Å². The van der Waals surface area contributed by atoms with Crippen LogP contribution in [0.5, 0.6) is 0 Å². The maximum Gasteiger partial charge on any atom is 0.169 e. The Labute approximate surface area is 141 Å². The molecule has 120 valence electrons. The predicted octanol–water partition coefficient (Wildman–Crippen LogP) is 2.98. The number of aryl methyl sites for hydroxylation is 1. The van der Waals surface area contributed by atoms with Crippen molar-refractivity contribution in [2.45, 2.75) is 10.9 Å². The molecule has 8 heteroatoms. The van der Waals surface area contributed by atoms with E-state index in [1.807, 2.05) is 35.9 Å². The van der Waals surface area contributed by atoms with Gasteiger partial charge < -0.3 is 4.57 Å². The first-order chi connectivity index (χ1) is 11.7. The van der Waals surface area contributed by atoms with Crippen LogP contribution in [0, 0.1) is 5.82 Å². The topological polar surface area (TPSA) is 61.4 Å². The SMILES string of the molecule is Cn1c(SCc2nnnn2-c2ccc(F)cc2)nc2ccccc21. The van der Waals surface area contributed by atoms with Crippen LogP contribution in [0.2, 0.25) is 0 Å². The average Bonchev–Trinajstić information content (AvgIpc) is 3.19. The highest BCUT2D eigenvalue weighted by Crippen LogP contribution is 2.25. The second kappa shape index (κ2) is 6.04. The van der Waals surface area contributed by atoms with Gasteiger partial charge in [-0.3, -0.25) is 0 Å². The molecule has 24 heavy (non-hydrogen) atoms. The number of para-hydroxylation sites is 2. The number of benzene rings is 2. The summed E-state index contributed by atoms with van der Waals surface area (Å²) in [6.07, 6.45) is 0. The summed E-state index contributed by atoms with van der Waals surface area (Å²) in [4.78, 5) is 4.62. The Kier molecular flexibility index (Phi) is 3.73. The van der Waals surface area contributed by atoms with Crippen molar-refractivity contribution in [1.29, 1.82) is 0 Å². The number of nitrogens with zero attached hydrogens (tertiary/aromatic N) is 6. The summed E-state index contributed by atoms with van der Waals surface area (Å²) in [5.41, 5.74) is 2.76. The molecule has 0 fully saturated rings. The third-order valence-corrected chi connectivity index (χ3v) is 4.71. The van der Waals surface area contributed by atoms with E-state index in [9.17, 15) is 4.39 Å². The Morgan fingerprint density at radius 2 is 1.88 bits per heavy atom. The van der Waals surface area contributed by atoms with E-state index in [1.165, 1.54) is 12.1 Å². The summed E-state index contributed by atoms with van der Waals surface area (Å²) >= 11 is 1.56. The van der Waals surface area contributed by atoms with Crippen molar-refractivity contribution in [3.05, 3.63) is 60.2 Å². The lowest BCUT2D eigenvalue weighted by atomic mass is 10.3. The number of fused-ring (bicyclic) bond motifs is 1. The zero-order valence-electron chi connectivity index (χ0n) is 12.8. The molecule has 0 saturated carbocycles. The third kappa shape index (κ3) is 2.65. The number of imidazole rings is 1. The van der Waals surface area contributed by atoms with Gasteiger partial charge in [-0.25, -0.2) is 9.37 Å². The van der Waals surface area contributed by atoms with Gasteiger partial charge in [0.2, 0.25) is 0 Å². The Morgan fingerprint density at radius 1 is 1.08 bits per heavy atom. The van der Waals surface area contributed by atoms with Crippen LogP contribution >= 0.6 is 11.8 Å². The van der Waals surface area contributed by atoms with Gasteiger partial charge in [0.15, 0.2) is 11.0 Å². The van der Waals surface area contributed by atoms with E-state index < -0.39 is 0 Å². The lowest BCUT2D eigenvalue weighted by molar-refractivity contribution is 0.626. The minimum atomic E-state index is -0.289. The second-order valence-electron chi connectivity index (χ2n) is 5.21. The molecule has 4 rings (SSSR count). The van der Waals surface area contributed by atoms with Crippen LogP contribution in [0.25, 0.3) is 16.7 Å². The highest BCUT2D eigenvalue weighted by Gasteiger charge is 2.12. The molecule has 0 spiro atoms. The lowest BCUT2D eigenvalue weighted by Gasteiger charge is -2.04. The van der Waals surface area contributed by atoms with Crippen LogP contribution < -0.4 is 0 Å². The molecule has 0 N–H and O–H groups in total. The predicted molar refractivity (Wildman–Crippen MR) is 89.4 cm³/mol. The fourth-order valence-corrected chi connectivity index (χ4v) is 3.35. The van der Waals surface area contributed by atoms with E-state index in [0.29, 0.717) is 11.6 Å². The molecule has 0 bridgehead atoms. The first-order valence-electron chi connectivity index (χ1n) is 7.30. The molecule has 0 amide bonds. The second-order valence-corrected chi connectivity index (χ2v) is 6.16. The van der Waals surface area contributed by atoms with E-state index in [4.69, 9.17) is 0 Å². The highest BCUT2D eigenvalue weighted by molar-refractivity contribution is 7.98. The molecule has 2 aromatic heterocycles. The molecule has 0 aliphatic heterocycles. The van der Waals surface area contributed by atoms with Crippen LogP contribution in [-0.2, 0) is 12.8 Å². The van der Waals surface area contributed by atoms with Crippen molar-refractivity contribution in [3.63, 3.8) is 0 Å². The number of tetrazole rings is 1. The smallest absolute Gasteiger partial charge is 0.169 e. The van der Waals surface area contributed by atoms with Crippen molar-refractivity contribution in [2.24, 2.45) is 7.05 Å². The Hall–Kier alpha value is -2.74. The molecule has 6 nitrogen and oxygen atoms in total. The van der Waals surface area contributed by atoms with E-state index in [-0.39, 0.29) is 5.82 Å². The van der Waals surface area contributed by atoms with E-state index in [1.54, 1.807) is 28.6 Å². The molecule has 0 unspecified atom stereocenters. The maximum absolute atomic E-state index is 13.1. The standard InChI is InChI=1S/C16H13FN6S/c1-22-14-5-3-2-4-13(14)18-16(22)24-10-15-19-20-21-23(15)12-8-6-11(17)7-9-12/h2-9H,10H2,1H3. The summed E-state index contributed by atoms with van der Waals surface area (Å²) in [6, 6.07) is 14.1. The summed E-state index contributed by atoms with van der Waals surface area (Å²) in [5.74, 6) is 0.947. The molecule has 2 heterocycles. The number of hydrogen-bond acceptors (Lipinski definition) is 5. The largest absolute Gasteiger partial charge is 0.322 e. The molecular formula is C16H13FN6S. The Bertz CT molecular complexity index is 991. The van der Waals surface area contributed by atoms with Gasteiger partial charge in [-0.1, -0.05) is 23.9 Å². The number of halogens is 1. The lowest BCUT2D eigenvalue weighted by Crippen LogP contribution is -2.02. The average molecular weight is 340 g/mol. The highest BCUT2D eigenvalue weighted by atomic mass is 32.2. The van der Waals surface area contributed by atoms with Crippen molar-refractivity contribution < 1.29 is 4.39 Å². The first kappa shape index (κ1) is 14.8. The molecule has 0 radical (unpaired) electrons. The minimum Gasteiger partial charge on any atom is -0.322 e. The van der Waals surface area contributed by atoms with Gasteiger partial charge in [0, 0.05) is 7.05 Å². The van der Waals surface area contributed by atoms with Crippen molar-refractivity contribution in [1.82, 2.24) is 29.8 Å². The third-order valence-electron chi connectivity index (χ3n) is 3.68. The fourth-order valence-electron chi connectivity index (χ4n) is 2.46. The zero-order valence-corrected chi connectivity index (χ0v) is 13.6. The molecule has 0 aliphatic rings. The van der Waals surface area contributed by atoms with Crippen molar-refractivity contribution in [3.8, 4) is 5.69 Å². The Balaban J connectivity index is 1.59. The maximum atomic E-state index is 13.1. The van der Waals surface area contributed by atoms with Crippen LogP contribution in [0.15, 0.2) is 53.7 Å². The molecule has 0 saturated heterocycles. The monoisotopic (exact) mass is 340 g/mol. The quantitative estimate of drug-likeness (QED) is 0.535. The van der Waals surface area contributed by atoms with Crippen LogP contribution in [0.4, 0.5) is 4.39 Å². The van der Waals surface area contributed by atoms with E-state index in [0.717, 1.165) is 21.9 Å². The van der Waals surface area contributed by atoms with Crippen LogP contribution in [0.3, 0.4) is 0 Å². The minimum absolute atomic E-state index is 0.289. The molecule has 0 atom stereocenters. The van der Waals surface area contributed by atoms with Crippen molar-refractivity contribution >= 4 is 22.8 Å². The normalized spacial score (nSPS) is 11.2. The summed E-state index contributed by atoms with van der Waals surface area (Å²) in [7, 11) is 1.99. The zero-order chi connectivity index (χ0) is 16.5. The van der Waals surface area contributed by atoms with Gasteiger partial charge in [0.25, 0.3) is 0 Å². The number of aromatic nitrogens is 6. The fraction of sp³-hybridized carbons (Fsp3) is 0.125. The van der Waals surface area contributed by atoms with Gasteiger partial charge in [-0.2, -0.15) is 4.68 Å². The van der Waals surface area contributed by atoms with Crippen LogP contribution in [0.1, 0.15) is 5.82 Å². The summed E-state index contributed by atoms with van der Waals surface area (Å²) in [6.45, 7) is 0. The number of hydrogen-bond donors (Lipinski definition) is 0. The van der Waals surface area contributed by atoms with Gasteiger partial charge >= 0.3 is 0 Å². The summed E-state index contributed by atoms with van der Waals surface area (Å²) < 4.78 is 16.7. The molecular weight excluding hydrogens is 327 g/mol. The molecule has 0 aliphatic carbocycles. The van der Waals surface area contributed by atoms with Gasteiger partial charge in [0.05, 0.1) is 22.5 Å². The van der Waals surface area contributed by atoms with Gasteiger partial charge in [-0.15, -0.1) is 5.10 Å². The summed E-state index contributed by atoms with van der Waals surface area (Å²) in [5, 5.41) is 12.7. The number of thioether (sulfide) groups is 1. The Morgan fingerprint density at radius 3 is 2.67 bits per heavy atom. The number of rotatable bonds is 4. The van der Waals surface area contributed by atoms with Gasteiger partial charge in [-0.05, 0) is 46.8 Å². The first-order valence-corrected chi connectivity index (χ1v) is 8.28. The van der Waals surface area contributed by atoms with E-state index in [2.05, 4.69) is 20.5 Å².